The highest BCUT2D eigenvalue weighted by Crippen LogP contribution is 2.23. The van der Waals surface area contributed by atoms with Crippen LogP contribution in [0.2, 0.25) is 0 Å². The Bertz CT molecular complexity index is 519. The molecule has 0 aliphatic rings. The van der Waals surface area contributed by atoms with Gasteiger partial charge in [0.25, 0.3) is 0 Å². The third-order valence-corrected chi connectivity index (χ3v) is 5.45. The maximum absolute atomic E-state index is 12.5. The summed E-state index contributed by atoms with van der Waals surface area (Å²) in [5, 5.41) is 13.1. The van der Waals surface area contributed by atoms with Gasteiger partial charge in [-0.25, -0.2) is 8.42 Å². The van der Waals surface area contributed by atoms with Gasteiger partial charge in [-0.2, -0.15) is 9.40 Å². The second kappa shape index (κ2) is 6.49. The highest BCUT2D eigenvalue weighted by molar-refractivity contribution is 7.89. The van der Waals surface area contributed by atoms with Crippen LogP contribution in [0.15, 0.2) is 4.90 Å². The number of hydrogen-bond acceptors (Lipinski definition) is 4. The molecule has 1 N–H and O–H groups in total. The van der Waals surface area contributed by atoms with E-state index in [9.17, 15) is 8.42 Å². The summed E-state index contributed by atoms with van der Waals surface area (Å²) in [6.45, 7) is 8.59. The molecule has 0 aliphatic heterocycles. The summed E-state index contributed by atoms with van der Waals surface area (Å²) in [6.07, 6.45) is 0.562. The predicted molar refractivity (Wildman–Crippen MR) is 73.5 cm³/mol. The summed E-state index contributed by atoms with van der Waals surface area (Å²) in [6, 6.07) is 0. The van der Waals surface area contributed by atoms with Crippen LogP contribution in [0.25, 0.3) is 0 Å². The fourth-order valence-electron chi connectivity index (χ4n) is 2.18. The Hall–Kier alpha value is -0.920. The average molecular weight is 289 g/mol. The van der Waals surface area contributed by atoms with Crippen molar-refractivity contribution in [3.8, 4) is 0 Å². The summed E-state index contributed by atoms with van der Waals surface area (Å²) in [7, 11) is -3.48. The SMILES string of the molecule is CCN(CC)S(=O)(=O)c1c(C)nn(CCCO)c1C. The molecule has 0 atom stereocenters. The maximum Gasteiger partial charge on any atom is 0.246 e. The first-order valence-corrected chi connectivity index (χ1v) is 7.99. The van der Waals surface area contributed by atoms with E-state index in [-0.39, 0.29) is 6.61 Å². The van der Waals surface area contributed by atoms with E-state index in [4.69, 9.17) is 5.11 Å². The van der Waals surface area contributed by atoms with Crippen molar-refractivity contribution >= 4 is 10.0 Å². The number of nitrogens with zero attached hydrogens (tertiary/aromatic N) is 3. The van der Waals surface area contributed by atoms with Crippen molar-refractivity contribution in [2.24, 2.45) is 0 Å². The molecule has 19 heavy (non-hydrogen) atoms. The zero-order valence-electron chi connectivity index (χ0n) is 12.0. The second-order valence-electron chi connectivity index (χ2n) is 4.39. The summed E-state index contributed by atoms with van der Waals surface area (Å²) in [5.74, 6) is 0. The molecule has 1 aromatic heterocycles. The smallest absolute Gasteiger partial charge is 0.246 e. The standard InChI is InChI=1S/C12H23N3O3S/c1-5-14(6-2)19(17,18)12-10(3)13-15(11(12)4)8-7-9-16/h16H,5-9H2,1-4H3. The highest BCUT2D eigenvalue weighted by Gasteiger charge is 2.28. The second-order valence-corrected chi connectivity index (χ2v) is 6.26. The quantitative estimate of drug-likeness (QED) is 0.809. The Morgan fingerprint density at radius 3 is 2.32 bits per heavy atom. The molecule has 1 rings (SSSR count). The van der Waals surface area contributed by atoms with Crippen LogP contribution in [-0.2, 0) is 16.6 Å². The van der Waals surface area contributed by atoms with Crippen LogP contribution in [0, 0.1) is 13.8 Å². The summed E-state index contributed by atoms with van der Waals surface area (Å²) in [4.78, 5) is 0.300. The van der Waals surface area contributed by atoms with Crippen molar-refractivity contribution in [3.05, 3.63) is 11.4 Å². The Kier molecular flexibility index (Phi) is 5.51. The van der Waals surface area contributed by atoms with Gasteiger partial charge in [0.15, 0.2) is 0 Å². The molecular formula is C12H23N3O3S. The number of sulfonamides is 1. The van der Waals surface area contributed by atoms with Gasteiger partial charge in [-0.05, 0) is 20.3 Å². The number of aromatic nitrogens is 2. The van der Waals surface area contributed by atoms with Crippen molar-refractivity contribution in [1.82, 2.24) is 14.1 Å². The molecule has 0 bridgehead atoms. The van der Waals surface area contributed by atoms with Gasteiger partial charge in [-0.1, -0.05) is 13.8 Å². The molecule has 0 fully saturated rings. The van der Waals surface area contributed by atoms with E-state index in [1.54, 1.807) is 18.5 Å². The van der Waals surface area contributed by atoms with Crippen molar-refractivity contribution in [1.29, 1.82) is 0 Å². The van der Waals surface area contributed by atoms with E-state index in [1.165, 1.54) is 4.31 Å². The summed E-state index contributed by atoms with van der Waals surface area (Å²) < 4.78 is 28.2. The number of hydrogen-bond donors (Lipinski definition) is 1. The molecular weight excluding hydrogens is 266 g/mol. The zero-order chi connectivity index (χ0) is 14.6. The van der Waals surface area contributed by atoms with Crippen LogP contribution < -0.4 is 0 Å². The lowest BCUT2D eigenvalue weighted by molar-refractivity contribution is 0.276. The van der Waals surface area contributed by atoms with Gasteiger partial charge in [0.2, 0.25) is 10.0 Å². The fourth-order valence-corrected chi connectivity index (χ4v) is 4.02. The monoisotopic (exact) mass is 289 g/mol. The van der Waals surface area contributed by atoms with Gasteiger partial charge in [-0.15, -0.1) is 0 Å². The highest BCUT2D eigenvalue weighted by atomic mass is 32.2. The van der Waals surface area contributed by atoms with E-state index < -0.39 is 10.0 Å². The molecule has 0 aliphatic carbocycles. The Morgan fingerprint density at radius 2 is 1.84 bits per heavy atom. The predicted octanol–water partition coefficient (Wildman–Crippen LogP) is 0.913. The Labute approximate surface area is 115 Å². The van der Waals surface area contributed by atoms with Crippen LogP contribution in [-0.4, -0.2) is 47.3 Å². The van der Waals surface area contributed by atoms with Crippen molar-refractivity contribution in [2.45, 2.75) is 45.6 Å². The first kappa shape index (κ1) is 16.1. The van der Waals surface area contributed by atoms with E-state index in [0.717, 1.165) is 0 Å². The third kappa shape index (κ3) is 3.16. The van der Waals surface area contributed by atoms with Gasteiger partial charge in [0, 0.05) is 26.2 Å². The lowest BCUT2D eigenvalue weighted by Gasteiger charge is -2.18. The van der Waals surface area contributed by atoms with Crippen molar-refractivity contribution in [3.63, 3.8) is 0 Å². The van der Waals surface area contributed by atoms with Crippen LogP contribution in [0.1, 0.15) is 31.7 Å². The number of rotatable bonds is 7. The minimum atomic E-state index is -3.48. The first-order chi connectivity index (χ1) is 8.89. The van der Waals surface area contributed by atoms with E-state index in [2.05, 4.69) is 5.10 Å². The molecule has 1 heterocycles. The van der Waals surface area contributed by atoms with Gasteiger partial charge >= 0.3 is 0 Å². The van der Waals surface area contributed by atoms with Gasteiger partial charge in [0.1, 0.15) is 4.90 Å². The maximum atomic E-state index is 12.5. The molecule has 0 aromatic carbocycles. The first-order valence-electron chi connectivity index (χ1n) is 6.55. The number of aryl methyl sites for hydroxylation is 2. The summed E-state index contributed by atoms with van der Waals surface area (Å²) in [5.41, 5.74) is 1.15. The molecule has 0 spiro atoms. The van der Waals surface area contributed by atoms with Crippen LogP contribution in [0.4, 0.5) is 0 Å². The Balaban J connectivity index is 3.24. The molecule has 7 heteroatoms. The van der Waals surface area contributed by atoms with Crippen LogP contribution in [0.5, 0.6) is 0 Å². The van der Waals surface area contributed by atoms with E-state index in [1.807, 2.05) is 13.8 Å². The average Bonchev–Trinajstić information content (AvgIpc) is 2.63. The Morgan fingerprint density at radius 1 is 1.26 bits per heavy atom. The van der Waals surface area contributed by atoms with Gasteiger partial charge < -0.3 is 5.11 Å². The van der Waals surface area contributed by atoms with Gasteiger partial charge in [0.05, 0.1) is 11.4 Å². The molecule has 0 unspecified atom stereocenters. The van der Waals surface area contributed by atoms with E-state index in [0.29, 0.717) is 42.3 Å². The lowest BCUT2D eigenvalue weighted by Crippen LogP contribution is -2.31. The fraction of sp³-hybridized carbons (Fsp3) is 0.750. The molecule has 6 nitrogen and oxygen atoms in total. The van der Waals surface area contributed by atoms with Crippen LogP contribution >= 0.6 is 0 Å². The molecule has 0 radical (unpaired) electrons. The largest absolute Gasteiger partial charge is 0.396 e. The molecule has 0 saturated carbocycles. The van der Waals surface area contributed by atoms with Crippen molar-refractivity contribution in [2.75, 3.05) is 19.7 Å². The molecule has 1 aromatic rings. The summed E-state index contributed by atoms with van der Waals surface area (Å²) >= 11 is 0. The minimum Gasteiger partial charge on any atom is -0.396 e. The van der Waals surface area contributed by atoms with Gasteiger partial charge in [-0.3, -0.25) is 4.68 Å². The molecule has 110 valence electrons. The van der Waals surface area contributed by atoms with Crippen LogP contribution in [0.3, 0.4) is 0 Å². The number of aliphatic hydroxyl groups is 1. The van der Waals surface area contributed by atoms with E-state index >= 15 is 0 Å². The topological polar surface area (TPSA) is 75.4 Å². The molecule has 0 saturated heterocycles. The zero-order valence-corrected chi connectivity index (χ0v) is 12.9. The third-order valence-electron chi connectivity index (χ3n) is 3.15. The number of aliphatic hydroxyl groups excluding tert-OH is 1. The lowest BCUT2D eigenvalue weighted by atomic mass is 10.4. The normalized spacial score (nSPS) is 12.3. The minimum absolute atomic E-state index is 0.0659. The van der Waals surface area contributed by atoms with Crippen molar-refractivity contribution < 1.29 is 13.5 Å². The molecule has 0 amide bonds.